The van der Waals surface area contributed by atoms with E-state index in [2.05, 4.69) is 13.8 Å². The third-order valence-electron chi connectivity index (χ3n) is 1.86. The second-order valence-corrected chi connectivity index (χ2v) is 4.08. The first-order valence-electron chi connectivity index (χ1n) is 4.96. The number of aliphatic hydroxyl groups excluding tert-OH is 1. The molecule has 2 N–H and O–H groups in total. The molecule has 0 radical (unpaired) electrons. The van der Waals surface area contributed by atoms with Crippen molar-refractivity contribution in [2.75, 3.05) is 13.2 Å². The van der Waals surface area contributed by atoms with Crippen molar-refractivity contribution < 1.29 is 14.9 Å². The van der Waals surface area contributed by atoms with Crippen LogP contribution in [0.3, 0.4) is 0 Å². The zero-order valence-corrected chi connectivity index (χ0v) is 8.86. The van der Waals surface area contributed by atoms with Crippen molar-refractivity contribution in [1.82, 2.24) is 0 Å². The van der Waals surface area contributed by atoms with Crippen LogP contribution in [-0.4, -0.2) is 29.7 Å². The smallest absolute Gasteiger partial charge is 0.151 e. The summed E-state index contributed by atoms with van der Waals surface area (Å²) in [6.45, 7) is 7.65. The van der Waals surface area contributed by atoms with Crippen molar-refractivity contribution in [2.24, 2.45) is 11.8 Å². The highest BCUT2D eigenvalue weighted by atomic mass is 16.5. The van der Waals surface area contributed by atoms with Gasteiger partial charge in [0, 0.05) is 19.6 Å². The molecule has 3 heteroatoms. The zero-order valence-electron chi connectivity index (χ0n) is 8.86. The van der Waals surface area contributed by atoms with E-state index in [4.69, 9.17) is 14.9 Å². The van der Waals surface area contributed by atoms with E-state index in [1.54, 1.807) is 0 Å². The Bertz CT molecular complexity index is 113. The predicted molar refractivity (Wildman–Crippen MR) is 52.3 cm³/mol. The van der Waals surface area contributed by atoms with Crippen molar-refractivity contribution in [3.8, 4) is 0 Å². The van der Waals surface area contributed by atoms with E-state index >= 15 is 0 Å². The van der Waals surface area contributed by atoms with Crippen LogP contribution in [0.15, 0.2) is 0 Å². The first-order chi connectivity index (χ1) is 6.02. The van der Waals surface area contributed by atoms with Crippen LogP contribution in [0, 0.1) is 11.8 Å². The van der Waals surface area contributed by atoms with Gasteiger partial charge in [-0.25, -0.2) is 0 Å². The van der Waals surface area contributed by atoms with Crippen LogP contribution >= 0.6 is 0 Å². The average Bonchev–Trinajstić information content (AvgIpc) is 1.96. The summed E-state index contributed by atoms with van der Waals surface area (Å²) in [7, 11) is 0. The SMILES string of the molecule is CC(C)CCOCC(C)CC(O)O. The van der Waals surface area contributed by atoms with E-state index in [0.717, 1.165) is 13.0 Å². The molecule has 3 nitrogen and oxygen atoms in total. The molecule has 0 aromatic heterocycles. The van der Waals surface area contributed by atoms with E-state index in [1.807, 2.05) is 6.92 Å². The Kier molecular flexibility index (Phi) is 7.23. The zero-order chi connectivity index (χ0) is 10.3. The highest BCUT2D eigenvalue weighted by Gasteiger charge is 2.07. The van der Waals surface area contributed by atoms with Gasteiger partial charge in [0.25, 0.3) is 0 Å². The fraction of sp³-hybridized carbons (Fsp3) is 1.00. The summed E-state index contributed by atoms with van der Waals surface area (Å²) in [5.74, 6) is 0.880. The van der Waals surface area contributed by atoms with Crippen LogP contribution in [0.4, 0.5) is 0 Å². The summed E-state index contributed by atoms with van der Waals surface area (Å²) < 4.78 is 5.38. The molecule has 0 saturated carbocycles. The quantitative estimate of drug-likeness (QED) is 0.471. The third kappa shape index (κ3) is 9.80. The standard InChI is InChI=1S/C10H22O3/c1-8(2)4-5-13-7-9(3)6-10(11)12/h8-12H,4-7H2,1-3H3. The lowest BCUT2D eigenvalue weighted by Crippen LogP contribution is -2.15. The Hall–Kier alpha value is -0.120. The molecule has 0 bridgehead atoms. The molecule has 80 valence electrons. The monoisotopic (exact) mass is 190 g/mol. The number of aliphatic hydroxyl groups is 2. The first-order valence-corrected chi connectivity index (χ1v) is 4.96. The fourth-order valence-corrected chi connectivity index (χ4v) is 1.03. The Morgan fingerprint density at radius 3 is 2.23 bits per heavy atom. The van der Waals surface area contributed by atoms with Crippen LogP contribution in [0.2, 0.25) is 0 Å². The largest absolute Gasteiger partial charge is 0.381 e. The molecule has 0 aromatic carbocycles. The van der Waals surface area contributed by atoms with E-state index in [9.17, 15) is 0 Å². The number of hydrogen-bond donors (Lipinski definition) is 2. The summed E-state index contributed by atoms with van der Waals surface area (Å²) in [5, 5.41) is 17.3. The lowest BCUT2D eigenvalue weighted by atomic mass is 10.1. The van der Waals surface area contributed by atoms with Gasteiger partial charge in [-0.3, -0.25) is 0 Å². The summed E-state index contributed by atoms with van der Waals surface area (Å²) in [5.41, 5.74) is 0. The average molecular weight is 190 g/mol. The molecule has 0 heterocycles. The van der Waals surface area contributed by atoms with Gasteiger partial charge in [0.1, 0.15) is 0 Å². The van der Waals surface area contributed by atoms with Gasteiger partial charge in [-0.15, -0.1) is 0 Å². The van der Waals surface area contributed by atoms with Crippen molar-refractivity contribution in [1.29, 1.82) is 0 Å². The maximum Gasteiger partial charge on any atom is 0.151 e. The van der Waals surface area contributed by atoms with E-state index in [1.165, 1.54) is 0 Å². The molecule has 0 spiro atoms. The molecule has 1 atom stereocenters. The van der Waals surface area contributed by atoms with Gasteiger partial charge in [-0.2, -0.15) is 0 Å². The summed E-state index contributed by atoms with van der Waals surface area (Å²) in [6.07, 6.45) is 0.250. The Morgan fingerprint density at radius 2 is 1.77 bits per heavy atom. The third-order valence-corrected chi connectivity index (χ3v) is 1.86. The molecule has 0 saturated heterocycles. The van der Waals surface area contributed by atoms with Gasteiger partial charge in [0.15, 0.2) is 6.29 Å². The van der Waals surface area contributed by atoms with Crippen LogP contribution in [0.5, 0.6) is 0 Å². The van der Waals surface area contributed by atoms with Crippen molar-refractivity contribution in [3.05, 3.63) is 0 Å². The van der Waals surface area contributed by atoms with Gasteiger partial charge < -0.3 is 14.9 Å². The molecule has 1 unspecified atom stereocenters. The summed E-state index contributed by atoms with van der Waals surface area (Å²) in [6, 6.07) is 0. The molecule has 13 heavy (non-hydrogen) atoms. The number of ether oxygens (including phenoxy) is 1. The van der Waals surface area contributed by atoms with Gasteiger partial charge in [0.2, 0.25) is 0 Å². The highest BCUT2D eigenvalue weighted by Crippen LogP contribution is 2.06. The van der Waals surface area contributed by atoms with E-state index in [0.29, 0.717) is 18.9 Å². The molecule has 0 aliphatic carbocycles. The van der Waals surface area contributed by atoms with E-state index in [-0.39, 0.29) is 5.92 Å². The lowest BCUT2D eigenvalue weighted by molar-refractivity contribution is -0.0621. The van der Waals surface area contributed by atoms with Crippen molar-refractivity contribution >= 4 is 0 Å². The minimum absolute atomic E-state index is 0.215. The summed E-state index contributed by atoms with van der Waals surface area (Å²) in [4.78, 5) is 0. The summed E-state index contributed by atoms with van der Waals surface area (Å²) >= 11 is 0. The lowest BCUT2D eigenvalue weighted by Gasteiger charge is -2.13. The molecule has 0 fully saturated rings. The van der Waals surface area contributed by atoms with Crippen LogP contribution < -0.4 is 0 Å². The van der Waals surface area contributed by atoms with Crippen LogP contribution in [-0.2, 0) is 4.74 Å². The molecule has 0 aromatic rings. The van der Waals surface area contributed by atoms with Gasteiger partial charge in [0.05, 0.1) is 0 Å². The Labute approximate surface area is 80.7 Å². The fourth-order valence-electron chi connectivity index (χ4n) is 1.03. The second-order valence-electron chi connectivity index (χ2n) is 4.08. The maximum atomic E-state index is 8.67. The second kappa shape index (κ2) is 7.30. The molecule has 0 aliphatic rings. The van der Waals surface area contributed by atoms with Gasteiger partial charge >= 0.3 is 0 Å². The van der Waals surface area contributed by atoms with Crippen molar-refractivity contribution in [3.63, 3.8) is 0 Å². The van der Waals surface area contributed by atoms with E-state index < -0.39 is 6.29 Å². The number of hydrogen-bond acceptors (Lipinski definition) is 3. The number of rotatable bonds is 7. The topological polar surface area (TPSA) is 49.7 Å². The minimum Gasteiger partial charge on any atom is -0.381 e. The van der Waals surface area contributed by atoms with Gasteiger partial charge in [-0.1, -0.05) is 20.8 Å². The predicted octanol–water partition coefficient (Wildman–Crippen LogP) is 1.39. The molecule has 0 aliphatic heterocycles. The molecular formula is C10H22O3. The molecule has 0 amide bonds. The van der Waals surface area contributed by atoms with Crippen molar-refractivity contribution in [2.45, 2.75) is 39.9 Å². The normalized spacial score (nSPS) is 14.1. The minimum atomic E-state index is -1.20. The Morgan fingerprint density at radius 1 is 1.15 bits per heavy atom. The first kappa shape index (κ1) is 12.9. The molecular weight excluding hydrogens is 168 g/mol. The van der Waals surface area contributed by atoms with Crippen LogP contribution in [0.25, 0.3) is 0 Å². The highest BCUT2D eigenvalue weighted by molar-refractivity contribution is 4.52. The Balaban J connectivity index is 3.22. The van der Waals surface area contributed by atoms with Gasteiger partial charge in [-0.05, 0) is 18.3 Å². The van der Waals surface area contributed by atoms with Crippen LogP contribution in [0.1, 0.15) is 33.6 Å². The molecule has 0 rings (SSSR count). The maximum absolute atomic E-state index is 8.67.